The summed E-state index contributed by atoms with van der Waals surface area (Å²) in [6.45, 7) is 3.50. The maximum atomic E-state index is 13.2. The minimum atomic E-state index is -0.999. The number of hydrogen-bond acceptors (Lipinski definition) is 9. The highest BCUT2D eigenvalue weighted by Gasteiger charge is 2.46. The Balaban J connectivity index is 1.84. The highest BCUT2D eigenvalue weighted by molar-refractivity contribution is 7.17. The van der Waals surface area contributed by atoms with Crippen molar-refractivity contribution in [2.45, 2.75) is 19.9 Å². The second-order valence-electron chi connectivity index (χ2n) is 7.05. The molecular weight excluding hydrogens is 448 g/mol. The molecule has 10 heteroatoms. The van der Waals surface area contributed by atoms with Crippen LogP contribution in [-0.2, 0) is 9.53 Å². The lowest BCUT2D eigenvalue weighted by Gasteiger charge is -2.24. The first-order chi connectivity index (χ1) is 15.9. The van der Waals surface area contributed by atoms with Gasteiger partial charge >= 0.3 is 5.97 Å². The number of hydrogen-bond donors (Lipinski definition) is 1. The number of nitrogens with zero attached hydrogens (tertiary/aromatic N) is 2. The van der Waals surface area contributed by atoms with E-state index in [4.69, 9.17) is 13.9 Å². The van der Waals surface area contributed by atoms with Gasteiger partial charge in [0.1, 0.15) is 10.6 Å². The lowest BCUT2D eigenvalue weighted by atomic mass is 9.95. The van der Waals surface area contributed by atoms with Crippen molar-refractivity contribution in [1.82, 2.24) is 4.98 Å². The summed E-state index contributed by atoms with van der Waals surface area (Å²) in [5, 5.41) is 10.9. The summed E-state index contributed by atoms with van der Waals surface area (Å²) in [5.74, 6) is -2.15. The molecule has 3 heterocycles. The summed E-state index contributed by atoms with van der Waals surface area (Å²) in [4.78, 5) is 44.5. The van der Waals surface area contributed by atoms with Gasteiger partial charge in [0.05, 0.1) is 37.3 Å². The number of benzene rings is 1. The molecule has 9 nitrogen and oxygen atoms in total. The van der Waals surface area contributed by atoms with Crippen LogP contribution in [0.3, 0.4) is 0 Å². The van der Waals surface area contributed by atoms with Crippen molar-refractivity contribution in [3.05, 3.63) is 75.9 Å². The maximum absolute atomic E-state index is 13.2. The number of aliphatic hydroxyl groups excluding tert-OH is 1. The van der Waals surface area contributed by atoms with Crippen molar-refractivity contribution in [1.29, 1.82) is 0 Å². The zero-order chi connectivity index (χ0) is 23.7. The smallest absolute Gasteiger partial charge is 0.350 e. The van der Waals surface area contributed by atoms with Crippen LogP contribution in [-0.4, -0.2) is 41.5 Å². The molecule has 0 saturated heterocycles. The van der Waals surface area contributed by atoms with Gasteiger partial charge in [-0.1, -0.05) is 23.5 Å². The molecule has 4 rings (SSSR count). The SMILES string of the molecule is CCOC(=O)c1sc(N2C(=O)C(O)=C(C(=O)c3ccco3)C2c2ccc(OC)cc2)nc1C. The number of anilines is 1. The molecule has 1 unspecified atom stereocenters. The number of amides is 1. The van der Waals surface area contributed by atoms with Gasteiger partial charge in [-0.25, -0.2) is 9.78 Å². The van der Waals surface area contributed by atoms with Gasteiger partial charge < -0.3 is 19.0 Å². The number of thiazole rings is 1. The highest BCUT2D eigenvalue weighted by atomic mass is 32.1. The Hall–Kier alpha value is -3.92. The van der Waals surface area contributed by atoms with E-state index in [1.165, 1.54) is 30.4 Å². The van der Waals surface area contributed by atoms with E-state index in [2.05, 4.69) is 4.98 Å². The average molecular weight is 468 g/mol. The Kier molecular flexibility index (Phi) is 6.01. The number of carbonyl (C=O) groups is 3. The van der Waals surface area contributed by atoms with Crippen molar-refractivity contribution >= 4 is 34.1 Å². The van der Waals surface area contributed by atoms with Crippen LogP contribution in [0.4, 0.5) is 5.13 Å². The van der Waals surface area contributed by atoms with E-state index in [9.17, 15) is 19.5 Å². The van der Waals surface area contributed by atoms with Crippen molar-refractivity contribution < 1.29 is 33.4 Å². The summed E-state index contributed by atoms with van der Waals surface area (Å²) < 4.78 is 15.5. The number of esters is 1. The van der Waals surface area contributed by atoms with Crippen LogP contribution in [0, 0.1) is 6.92 Å². The third kappa shape index (κ3) is 3.89. The van der Waals surface area contributed by atoms with Crippen LogP contribution in [0.1, 0.15) is 44.4 Å². The molecular formula is C23H20N2O7S. The number of carbonyl (C=O) groups excluding carboxylic acids is 3. The fourth-order valence-electron chi connectivity index (χ4n) is 3.55. The summed E-state index contributed by atoms with van der Waals surface area (Å²) in [7, 11) is 1.52. The Labute approximate surface area is 192 Å². The number of furan rings is 1. The lowest BCUT2D eigenvalue weighted by Crippen LogP contribution is -2.31. The van der Waals surface area contributed by atoms with Crippen LogP contribution in [0.15, 0.2) is 58.4 Å². The molecule has 1 aromatic carbocycles. The largest absolute Gasteiger partial charge is 0.503 e. The van der Waals surface area contributed by atoms with Gasteiger partial charge in [0, 0.05) is 0 Å². The number of rotatable bonds is 7. The fraction of sp³-hybridized carbons (Fsp3) is 0.217. The first-order valence-electron chi connectivity index (χ1n) is 10.0. The Morgan fingerprint density at radius 3 is 2.58 bits per heavy atom. The normalized spacial score (nSPS) is 15.8. The van der Waals surface area contributed by atoms with Crippen LogP contribution in [0.2, 0.25) is 0 Å². The van der Waals surface area contributed by atoms with E-state index >= 15 is 0 Å². The first kappa shape index (κ1) is 22.3. The van der Waals surface area contributed by atoms with E-state index < -0.39 is 29.5 Å². The average Bonchev–Trinajstić information content (AvgIpc) is 3.53. The van der Waals surface area contributed by atoms with Gasteiger partial charge in [-0.15, -0.1) is 0 Å². The molecule has 0 radical (unpaired) electrons. The molecule has 1 N–H and O–H groups in total. The zero-order valence-electron chi connectivity index (χ0n) is 18.0. The number of aromatic nitrogens is 1. The molecule has 0 bridgehead atoms. The number of aryl methyl sites for hydroxylation is 1. The monoisotopic (exact) mass is 468 g/mol. The molecule has 33 heavy (non-hydrogen) atoms. The van der Waals surface area contributed by atoms with Gasteiger partial charge in [0.2, 0.25) is 5.78 Å². The number of ketones is 1. The van der Waals surface area contributed by atoms with Crippen molar-refractivity contribution in [2.75, 3.05) is 18.6 Å². The Morgan fingerprint density at radius 1 is 1.24 bits per heavy atom. The number of ether oxygens (including phenoxy) is 2. The molecule has 0 saturated carbocycles. The minimum absolute atomic E-state index is 0.0211. The fourth-order valence-corrected chi connectivity index (χ4v) is 4.54. The molecule has 1 aliphatic heterocycles. The van der Waals surface area contributed by atoms with Crippen molar-refractivity contribution in [3.8, 4) is 5.75 Å². The van der Waals surface area contributed by atoms with E-state index in [0.717, 1.165) is 11.3 Å². The molecule has 0 aliphatic carbocycles. The maximum Gasteiger partial charge on any atom is 0.350 e. The van der Waals surface area contributed by atoms with E-state index in [0.29, 0.717) is 17.0 Å². The summed E-state index contributed by atoms with van der Waals surface area (Å²) in [6.07, 6.45) is 1.33. The van der Waals surface area contributed by atoms with Crippen molar-refractivity contribution in [2.24, 2.45) is 0 Å². The molecule has 0 spiro atoms. The number of aliphatic hydroxyl groups is 1. The molecule has 0 fully saturated rings. The summed E-state index contributed by atoms with van der Waals surface area (Å²) in [5.41, 5.74) is 0.763. The Morgan fingerprint density at radius 2 is 1.97 bits per heavy atom. The molecule has 1 aliphatic rings. The molecule has 3 aromatic rings. The third-order valence-electron chi connectivity index (χ3n) is 5.08. The van der Waals surface area contributed by atoms with Crippen LogP contribution >= 0.6 is 11.3 Å². The highest BCUT2D eigenvalue weighted by Crippen LogP contribution is 2.44. The lowest BCUT2D eigenvalue weighted by molar-refractivity contribution is -0.117. The number of Topliss-reactive ketones (excluding diaryl/α,β-unsaturated/α-hetero) is 1. The predicted octanol–water partition coefficient (Wildman–Crippen LogP) is 4.01. The predicted molar refractivity (Wildman–Crippen MR) is 119 cm³/mol. The van der Waals surface area contributed by atoms with Gasteiger partial charge in [0.15, 0.2) is 16.7 Å². The number of methoxy groups -OCH3 is 1. The second kappa shape index (κ2) is 8.91. The quantitative estimate of drug-likeness (QED) is 0.408. The topological polar surface area (TPSA) is 119 Å². The molecule has 2 aromatic heterocycles. The minimum Gasteiger partial charge on any atom is -0.503 e. The van der Waals surface area contributed by atoms with E-state index in [1.807, 2.05) is 0 Å². The summed E-state index contributed by atoms with van der Waals surface area (Å²) >= 11 is 0.950. The summed E-state index contributed by atoms with van der Waals surface area (Å²) in [6, 6.07) is 8.72. The zero-order valence-corrected chi connectivity index (χ0v) is 18.8. The van der Waals surface area contributed by atoms with Gasteiger partial charge in [-0.3, -0.25) is 14.5 Å². The van der Waals surface area contributed by atoms with E-state index in [1.54, 1.807) is 38.1 Å². The Bertz CT molecular complexity index is 1240. The second-order valence-corrected chi connectivity index (χ2v) is 8.03. The van der Waals surface area contributed by atoms with Crippen LogP contribution in [0.5, 0.6) is 5.75 Å². The molecule has 1 amide bonds. The van der Waals surface area contributed by atoms with Crippen molar-refractivity contribution in [3.63, 3.8) is 0 Å². The van der Waals surface area contributed by atoms with Gasteiger partial charge in [0.25, 0.3) is 5.91 Å². The van der Waals surface area contributed by atoms with E-state index in [-0.39, 0.29) is 27.9 Å². The first-order valence-corrected chi connectivity index (χ1v) is 10.8. The third-order valence-corrected chi connectivity index (χ3v) is 6.22. The van der Waals surface area contributed by atoms with Crippen LogP contribution < -0.4 is 9.64 Å². The van der Waals surface area contributed by atoms with Gasteiger partial charge in [-0.05, 0) is 43.7 Å². The molecule has 170 valence electrons. The van der Waals surface area contributed by atoms with Crippen LogP contribution in [0.25, 0.3) is 0 Å². The van der Waals surface area contributed by atoms with Gasteiger partial charge in [-0.2, -0.15) is 0 Å². The molecule has 1 atom stereocenters. The standard InChI is InChI=1S/C23H20N2O7S/c1-4-31-22(29)20-12(2)24-23(33-20)25-17(13-7-9-14(30-3)10-8-13)16(19(27)21(25)28)18(26)15-6-5-11-32-15/h5-11,17,27H,4H2,1-3H3.